The van der Waals surface area contributed by atoms with E-state index in [1.54, 1.807) is 6.07 Å². The van der Waals surface area contributed by atoms with Gasteiger partial charge in [-0.2, -0.15) is 0 Å². The van der Waals surface area contributed by atoms with E-state index in [9.17, 15) is 4.39 Å². The fourth-order valence-electron chi connectivity index (χ4n) is 2.31. The van der Waals surface area contributed by atoms with Gasteiger partial charge in [-0.05, 0) is 61.4 Å². The number of fused-ring (bicyclic) bond motifs is 1. The lowest BCUT2D eigenvalue weighted by Crippen LogP contribution is -2.10. The zero-order valence-corrected chi connectivity index (χ0v) is 9.29. The van der Waals surface area contributed by atoms with Crippen LogP contribution < -0.4 is 0 Å². The molecule has 1 aliphatic rings. The van der Waals surface area contributed by atoms with Gasteiger partial charge in [0.15, 0.2) is 0 Å². The Bertz CT molecular complexity index is 371. The molecule has 0 heterocycles. The molecule has 76 valence electrons. The van der Waals surface area contributed by atoms with Crippen LogP contribution in [-0.2, 0) is 6.42 Å². The van der Waals surface area contributed by atoms with Gasteiger partial charge in [-0.3, -0.25) is 0 Å². The minimum atomic E-state index is -0.117. The van der Waals surface area contributed by atoms with Crippen LogP contribution in [0.4, 0.5) is 4.39 Å². The number of aryl methyl sites for hydroxylation is 1. The number of alkyl halides is 1. The van der Waals surface area contributed by atoms with Crippen molar-refractivity contribution in [2.75, 3.05) is 0 Å². The van der Waals surface area contributed by atoms with E-state index in [0.717, 1.165) is 36.0 Å². The second-order valence-corrected chi connectivity index (χ2v) is 4.58. The lowest BCUT2D eigenvalue weighted by Gasteiger charge is -2.24. The number of benzene rings is 1. The van der Waals surface area contributed by atoms with E-state index < -0.39 is 0 Å². The average Bonchev–Trinajstić information content (AvgIpc) is 2.14. The SMILES string of the molecule is Cc1cc(F)c(C)c2c1CCCC2Cl. The summed E-state index contributed by atoms with van der Waals surface area (Å²) in [5.74, 6) is -0.117. The third-order valence-corrected chi connectivity index (χ3v) is 3.54. The summed E-state index contributed by atoms with van der Waals surface area (Å²) in [7, 11) is 0. The van der Waals surface area contributed by atoms with Gasteiger partial charge in [-0.25, -0.2) is 4.39 Å². The van der Waals surface area contributed by atoms with Crippen molar-refractivity contribution in [2.24, 2.45) is 0 Å². The Morgan fingerprint density at radius 1 is 1.43 bits per heavy atom. The molecule has 1 aromatic rings. The summed E-state index contributed by atoms with van der Waals surface area (Å²) in [6, 6.07) is 1.63. The second kappa shape index (κ2) is 3.54. The molecule has 1 aliphatic carbocycles. The second-order valence-electron chi connectivity index (χ2n) is 4.05. The zero-order valence-electron chi connectivity index (χ0n) is 8.53. The molecule has 0 amide bonds. The fourth-order valence-corrected chi connectivity index (χ4v) is 2.76. The summed E-state index contributed by atoms with van der Waals surface area (Å²) in [6.07, 6.45) is 3.14. The highest BCUT2D eigenvalue weighted by atomic mass is 35.5. The van der Waals surface area contributed by atoms with Gasteiger partial charge in [0.25, 0.3) is 0 Å². The predicted octanol–water partition coefficient (Wildman–Crippen LogP) is 4.06. The van der Waals surface area contributed by atoms with Gasteiger partial charge in [0, 0.05) is 0 Å². The van der Waals surface area contributed by atoms with Crippen molar-refractivity contribution in [2.45, 2.75) is 38.5 Å². The lowest BCUT2D eigenvalue weighted by molar-refractivity contribution is 0.596. The third kappa shape index (κ3) is 1.44. The van der Waals surface area contributed by atoms with Gasteiger partial charge >= 0.3 is 0 Å². The molecule has 2 rings (SSSR count). The van der Waals surface area contributed by atoms with Gasteiger partial charge in [-0.15, -0.1) is 11.6 Å². The smallest absolute Gasteiger partial charge is 0.126 e. The third-order valence-electron chi connectivity index (χ3n) is 3.10. The minimum absolute atomic E-state index is 0.00755. The first-order chi connectivity index (χ1) is 6.61. The van der Waals surface area contributed by atoms with Crippen molar-refractivity contribution in [1.29, 1.82) is 0 Å². The summed E-state index contributed by atoms with van der Waals surface area (Å²) in [6.45, 7) is 3.80. The number of halogens is 2. The molecule has 0 nitrogen and oxygen atoms in total. The number of hydrogen-bond donors (Lipinski definition) is 0. The van der Waals surface area contributed by atoms with Crippen LogP contribution in [0.2, 0.25) is 0 Å². The van der Waals surface area contributed by atoms with Crippen LogP contribution in [0.25, 0.3) is 0 Å². The molecule has 14 heavy (non-hydrogen) atoms. The quantitative estimate of drug-likeness (QED) is 0.569. The highest BCUT2D eigenvalue weighted by molar-refractivity contribution is 6.21. The van der Waals surface area contributed by atoms with E-state index in [1.807, 2.05) is 13.8 Å². The Morgan fingerprint density at radius 2 is 2.14 bits per heavy atom. The Labute approximate surface area is 89.1 Å². The van der Waals surface area contributed by atoms with Crippen molar-refractivity contribution in [3.8, 4) is 0 Å². The van der Waals surface area contributed by atoms with E-state index in [-0.39, 0.29) is 11.2 Å². The van der Waals surface area contributed by atoms with Crippen molar-refractivity contribution < 1.29 is 4.39 Å². The molecule has 0 aromatic heterocycles. The molecule has 1 unspecified atom stereocenters. The number of rotatable bonds is 0. The summed E-state index contributed by atoms with van der Waals surface area (Å²) >= 11 is 6.23. The first kappa shape index (κ1) is 9.97. The van der Waals surface area contributed by atoms with Gasteiger partial charge in [0.2, 0.25) is 0 Å². The van der Waals surface area contributed by atoms with Crippen LogP contribution in [-0.4, -0.2) is 0 Å². The molecule has 1 atom stereocenters. The molecular weight excluding hydrogens is 199 g/mol. The summed E-state index contributed by atoms with van der Waals surface area (Å²) in [5, 5.41) is 0.00755. The first-order valence-corrected chi connectivity index (χ1v) is 5.47. The summed E-state index contributed by atoms with van der Waals surface area (Å²) in [5.41, 5.74) is 4.12. The Hall–Kier alpha value is -0.560. The van der Waals surface area contributed by atoms with E-state index in [0.29, 0.717) is 0 Å². The lowest BCUT2D eigenvalue weighted by atomic mass is 9.85. The van der Waals surface area contributed by atoms with E-state index in [1.165, 1.54) is 5.56 Å². The van der Waals surface area contributed by atoms with Gasteiger partial charge in [0.05, 0.1) is 5.38 Å². The monoisotopic (exact) mass is 212 g/mol. The van der Waals surface area contributed by atoms with Crippen molar-refractivity contribution in [1.82, 2.24) is 0 Å². The molecule has 0 N–H and O–H groups in total. The topological polar surface area (TPSA) is 0 Å². The van der Waals surface area contributed by atoms with Crippen molar-refractivity contribution >= 4 is 11.6 Å². The van der Waals surface area contributed by atoms with Crippen molar-refractivity contribution in [3.05, 3.63) is 34.1 Å². The maximum atomic E-state index is 13.5. The molecule has 0 fully saturated rings. The highest BCUT2D eigenvalue weighted by Crippen LogP contribution is 2.38. The number of hydrogen-bond acceptors (Lipinski definition) is 0. The summed E-state index contributed by atoms with van der Waals surface area (Å²) < 4.78 is 13.5. The van der Waals surface area contributed by atoms with E-state index in [2.05, 4.69) is 0 Å². The predicted molar refractivity (Wildman–Crippen MR) is 57.4 cm³/mol. The summed E-state index contributed by atoms with van der Waals surface area (Å²) in [4.78, 5) is 0. The van der Waals surface area contributed by atoms with Gasteiger partial charge < -0.3 is 0 Å². The van der Waals surface area contributed by atoms with E-state index in [4.69, 9.17) is 11.6 Å². The normalized spacial score (nSPS) is 20.7. The van der Waals surface area contributed by atoms with E-state index >= 15 is 0 Å². The molecule has 0 aliphatic heterocycles. The van der Waals surface area contributed by atoms with Crippen LogP contribution in [0.3, 0.4) is 0 Å². The standard InChI is InChI=1S/C12H14ClF/c1-7-6-11(14)8(2)12-9(7)4-3-5-10(12)13/h6,10H,3-5H2,1-2H3. The van der Waals surface area contributed by atoms with Crippen molar-refractivity contribution in [3.63, 3.8) is 0 Å². The molecular formula is C12H14ClF. The minimum Gasteiger partial charge on any atom is -0.207 e. The van der Waals surface area contributed by atoms with Crippen LogP contribution in [0.1, 0.15) is 40.5 Å². The van der Waals surface area contributed by atoms with Crippen LogP contribution >= 0.6 is 11.6 Å². The Morgan fingerprint density at radius 3 is 2.86 bits per heavy atom. The molecule has 0 saturated heterocycles. The maximum absolute atomic E-state index is 13.5. The maximum Gasteiger partial charge on any atom is 0.126 e. The first-order valence-electron chi connectivity index (χ1n) is 5.04. The fraction of sp³-hybridized carbons (Fsp3) is 0.500. The molecule has 1 aromatic carbocycles. The van der Waals surface area contributed by atoms with Gasteiger partial charge in [-0.1, -0.05) is 0 Å². The van der Waals surface area contributed by atoms with Crippen LogP contribution in [0.15, 0.2) is 6.07 Å². The molecule has 0 saturated carbocycles. The highest BCUT2D eigenvalue weighted by Gasteiger charge is 2.23. The Balaban J connectivity index is 2.67. The molecule has 0 bridgehead atoms. The van der Waals surface area contributed by atoms with Gasteiger partial charge in [0.1, 0.15) is 5.82 Å². The van der Waals surface area contributed by atoms with Crippen LogP contribution in [0.5, 0.6) is 0 Å². The largest absolute Gasteiger partial charge is 0.207 e. The molecule has 0 radical (unpaired) electrons. The molecule has 0 spiro atoms. The average molecular weight is 213 g/mol. The van der Waals surface area contributed by atoms with Crippen LogP contribution in [0, 0.1) is 19.7 Å². The molecule has 2 heteroatoms. The zero-order chi connectivity index (χ0) is 10.3. The Kier molecular flexibility index (Phi) is 2.52.